The van der Waals surface area contributed by atoms with Crippen LogP contribution in [0.2, 0.25) is 0 Å². The maximum Gasteiger partial charge on any atom is 0.260 e. The summed E-state index contributed by atoms with van der Waals surface area (Å²) in [5.74, 6) is 3.50. The van der Waals surface area contributed by atoms with Gasteiger partial charge in [-0.2, -0.15) is 0 Å². The lowest BCUT2D eigenvalue weighted by molar-refractivity contribution is 0.466. The van der Waals surface area contributed by atoms with Gasteiger partial charge >= 0.3 is 0 Å². The minimum atomic E-state index is -0.546. The van der Waals surface area contributed by atoms with Gasteiger partial charge in [0.15, 0.2) is 0 Å². The van der Waals surface area contributed by atoms with Crippen LogP contribution in [0, 0.1) is 0 Å². The highest BCUT2D eigenvalue weighted by Crippen LogP contribution is 2.49. The van der Waals surface area contributed by atoms with Gasteiger partial charge in [0.05, 0.1) is 5.41 Å². The van der Waals surface area contributed by atoms with Gasteiger partial charge in [0.2, 0.25) is 0 Å². The molecule has 0 unspecified atom stereocenters. The van der Waals surface area contributed by atoms with Crippen LogP contribution >= 0.6 is 0 Å². The van der Waals surface area contributed by atoms with Crippen LogP contribution in [0.1, 0.15) is 74.9 Å². The first kappa shape index (κ1) is 37.7. The molecular weight excluding hydrogens is 727 g/mol. The van der Waals surface area contributed by atoms with Gasteiger partial charge in [-0.3, -0.25) is 0 Å². The Morgan fingerprint density at radius 3 is 1.10 bits per heavy atom. The Kier molecular flexibility index (Phi) is 8.99. The van der Waals surface area contributed by atoms with E-state index in [-0.39, 0.29) is 17.5 Å². The van der Waals surface area contributed by atoms with Crippen LogP contribution in [-0.2, 0) is 16.2 Å². The molecule has 60 heavy (non-hydrogen) atoms. The van der Waals surface area contributed by atoms with E-state index in [1.54, 1.807) is 0 Å². The number of hydrogen-bond donors (Lipinski definition) is 0. The quantitative estimate of drug-likeness (QED) is 0.124. The largest absolute Gasteiger partial charge is 0.458 e. The summed E-state index contributed by atoms with van der Waals surface area (Å²) in [5.41, 5.74) is 14.5. The summed E-state index contributed by atoms with van der Waals surface area (Å²) in [6.45, 7) is 13.6. The fraction of sp³-hybridized carbons (Fsp3) is 0.158. The summed E-state index contributed by atoms with van der Waals surface area (Å²) in [4.78, 5) is 0. The molecule has 2 aliphatic heterocycles. The van der Waals surface area contributed by atoms with Gasteiger partial charge in [-0.05, 0) is 84.5 Å². The number of fused-ring (bicyclic) bond motifs is 4. The lowest BCUT2D eigenvalue weighted by atomic mass is 9.34. The van der Waals surface area contributed by atoms with Crippen molar-refractivity contribution in [3.63, 3.8) is 0 Å². The maximum absolute atomic E-state index is 7.21. The second-order valence-electron chi connectivity index (χ2n) is 18.5. The highest BCUT2D eigenvalue weighted by Gasteiger charge is 2.44. The summed E-state index contributed by atoms with van der Waals surface area (Å²) in [6, 6.07) is 68.5. The predicted molar refractivity (Wildman–Crippen MR) is 251 cm³/mol. The van der Waals surface area contributed by atoms with Gasteiger partial charge < -0.3 is 9.47 Å². The number of benzene rings is 8. The Bertz CT molecular complexity index is 2730. The molecule has 10 rings (SSSR count). The van der Waals surface area contributed by atoms with Crippen molar-refractivity contribution in [1.82, 2.24) is 0 Å². The van der Waals surface area contributed by atoms with E-state index >= 15 is 0 Å². The van der Waals surface area contributed by atoms with Crippen LogP contribution in [-0.4, -0.2) is 6.71 Å². The minimum absolute atomic E-state index is 0.0351. The Balaban J connectivity index is 1.23. The van der Waals surface area contributed by atoms with Crippen molar-refractivity contribution < 1.29 is 9.47 Å². The molecule has 0 fully saturated rings. The first-order chi connectivity index (χ1) is 29.0. The molecule has 0 radical (unpaired) electrons. The molecule has 3 heteroatoms. The van der Waals surface area contributed by atoms with Gasteiger partial charge in [-0.15, -0.1) is 0 Å². The van der Waals surface area contributed by atoms with Crippen LogP contribution in [0.5, 0.6) is 23.0 Å². The van der Waals surface area contributed by atoms with E-state index in [1.807, 2.05) is 0 Å². The molecule has 0 bridgehead atoms. The SMILES string of the molecule is CC(C)(C)c1ccc2c(c1)B1c3cc(C(C)(C)C)ccc3Oc3c(-c4ccc(C(c5ccccc5)(c5ccccc5)c5ccccc5)cc4)cc(-c4ccccc4)c(c31)O2. The van der Waals surface area contributed by atoms with E-state index in [0.717, 1.165) is 50.7 Å². The van der Waals surface area contributed by atoms with E-state index in [1.165, 1.54) is 44.3 Å². The zero-order valence-electron chi connectivity index (χ0n) is 35.3. The molecule has 0 spiro atoms. The molecule has 0 N–H and O–H groups in total. The molecule has 2 nitrogen and oxygen atoms in total. The van der Waals surface area contributed by atoms with Crippen LogP contribution in [0.15, 0.2) is 188 Å². The topological polar surface area (TPSA) is 18.5 Å². The summed E-state index contributed by atoms with van der Waals surface area (Å²) >= 11 is 0. The number of rotatable bonds is 6. The normalized spacial score (nSPS) is 13.1. The smallest absolute Gasteiger partial charge is 0.260 e. The molecule has 292 valence electrons. The molecule has 8 aromatic carbocycles. The fourth-order valence-corrected chi connectivity index (χ4v) is 9.53. The van der Waals surface area contributed by atoms with Crippen molar-refractivity contribution in [2.75, 3.05) is 0 Å². The third kappa shape index (κ3) is 6.18. The van der Waals surface area contributed by atoms with Gasteiger partial charge in [0, 0.05) is 16.6 Å². The van der Waals surface area contributed by atoms with E-state index in [9.17, 15) is 0 Å². The van der Waals surface area contributed by atoms with Crippen LogP contribution in [0.4, 0.5) is 0 Å². The third-order valence-electron chi connectivity index (χ3n) is 12.7. The molecule has 0 aliphatic carbocycles. The van der Waals surface area contributed by atoms with Crippen LogP contribution in [0.25, 0.3) is 22.3 Å². The van der Waals surface area contributed by atoms with Crippen molar-refractivity contribution in [2.24, 2.45) is 0 Å². The summed E-state index contributed by atoms with van der Waals surface area (Å²) in [5, 5.41) is 0. The molecule has 8 aromatic rings. The molecule has 2 aliphatic rings. The number of hydrogen-bond acceptors (Lipinski definition) is 2. The molecule has 0 amide bonds. The first-order valence-electron chi connectivity index (χ1n) is 21.2. The Morgan fingerprint density at radius 2 is 0.700 bits per heavy atom. The van der Waals surface area contributed by atoms with Crippen molar-refractivity contribution in [3.8, 4) is 45.3 Å². The highest BCUT2D eigenvalue weighted by molar-refractivity contribution is 6.98. The standard InChI is InChI=1S/C57H49BO2/c1-55(2,3)44-31-33-50-48(35-44)58-49-36-45(56(4,5)6)32-34-51(49)60-54-47(37-46(53(59-50)52(54)58)38-19-11-7-12-20-38)39-27-29-43(30-28-39)57(40-21-13-8-14-22-40,41-23-15-9-16-24-41)42-25-17-10-18-26-42/h7-37H,1-6H3. The highest BCUT2D eigenvalue weighted by atomic mass is 16.5. The summed E-state index contributed by atoms with van der Waals surface area (Å²) < 4.78 is 14.3. The lowest BCUT2D eigenvalue weighted by Crippen LogP contribution is -2.58. The van der Waals surface area contributed by atoms with Crippen molar-refractivity contribution in [2.45, 2.75) is 57.8 Å². The van der Waals surface area contributed by atoms with Crippen LogP contribution < -0.4 is 25.9 Å². The molecule has 2 heterocycles. The molecule has 0 atom stereocenters. The molecule has 0 aromatic heterocycles. The van der Waals surface area contributed by atoms with Crippen molar-refractivity contribution >= 4 is 23.1 Å². The molecule has 0 saturated heterocycles. The zero-order chi connectivity index (χ0) is 41.2. The average molecular weight is 777 g/mol. The Hall–Kier alpha value is -6.58. The van der Waals surface area contributed by atoms with E-state index in [2.05, 4.69) is 230 Å². The van der Waals surface area contributed by atoms with Gasteiger partial charge in [0.25, 0.3) is 6.71 Å². The zero-order valence-corrected chi connectivity index (χ0v) is 35.3. The lowest BCUT2D eigenvalue weighted by Gasteiger charge is -2.37. The maximum atomic E-state index is 7.21. The minimum Gasteiger partial charge on any atom is -0.458 e. The van der Waals surface area contributed by atoms with Crippen LogP contribution in [0.3, 0.4) is 0 Å². The molecule has 0 saturated carbocycles. The van der Waals surface area contributed by atoms with Gasteiger partial charge in [0.1, 0.15) is 23.0 Å². The van der Waals surface area contributed by atoms with Gasteiger partial charge in [-0.25, -0.2) is 0 Å². The Morgan fingerprint density at radius 1 is 0.350 bits per heavy atom. The Labute approximate surface area is 355 Å². The van der Waals surface area contributed by atoms with E-state index in [4.69, 9.17) is 9.47 Å². The average Bonchev–Trinajstić information content (AvgIpc) is 3.27. The third-order valence-corrected chi connectivity index (χ3v) is 12.7. The summed E-state index contributed by atoms with van der Waals surface area (Å²) in [7, 11) is 0. The summed E-state index contributed by atoms with van der Waals surface area (Å²) in [6.07, 6.45) is 0. The second kappa shape index (κ2) is 14.3. The first-order valence-corrected chi connectivity index (χ1v) is 21.2. The predicted octanol–water partition coefficient (Wildman–Crippen LogP) is 12.7. The number of ether oxygens (including phenoxy) is 2. The van der Waals surface area contributed by atoms with E-state index in [0.29, 0.717) is 0 Å². The fourth-order valence-electron chi connectivity index (χ4n) is 9.53. The molecular formula is C57H49BO2. The van der Waals surface area contributed by atoms with Crippen molar-refractivity contribution in [3.05, 3.63) is 221 Å². The second-order valence-corrected chi connectivity index (χ2v) is 18.5. The van der Waals surface area contributed by atoms with Crippen molar-refractivity contribution in [1.29, 1.82) is 0 Å². The van der Waals surface area contributed by atoms with E-state index < -0.39 is 5.41 Å². The van der Waals surface area contributed by atoms with Gasteiger partial charge in [-0.1, -0.05) is 211 Å². The monoisotopic (exact) mass is 776 g/mol.